The lowest BCUT2D eigenvalue weighted by Crippen LogP contribution is -2.17. The highest BCUT2D eigenvalue weighted by Gasteiger charge is 2.35. The maximum Gasteiger partial charge on any atom is 0.0794 e. The second-order valence-electron chi connectivity index (χ2n) is 5.02. The van der Waals surface area contributed by atoms with E-state index >= 15 is 0 Å². The van der Waals surface area contributed by atoms with E-state index in [4.69, 9.17) is 0 Å². The fraction of sp³-hybridized carbons (Fsp3) is 0.500. The third-order valence-corrected chi connectivity index (χ3v) is 4.51. The third kappa shape index (κ3) is 2.49. The van der Waals surface area contributed by atoms with Crippen molar-refractivity contribution < 1.29 is 0 Å². The summed E-state index contributed by atoms with van der Waals surface area (Å²) in [6.45, 7) is 3.19. The Labute approximate surface area is 112 Å². The first-order chi connectivity index (χ1) is 8.88. The van der Waals surface area contributed by atoms with Crippen LogP contribution in [0.15, 0.2) is 23.7 Å². The van der Waals surface area contributed by atoms with Crippen molar-refractivity contribution in [3.63, 3.8) is 0 Å². The molecule has 2 aromatic rings. The normalized spacial score (nSPS) is 22.3. The van der Waals surface area contributed by atoms with Crippen molar-refractivity contribution in [2.24, 2.45) is 5.92 Å². The van der Waals surface area contributed by atoms with Crippen molar-refractivity contribution in [1.82, 2.24) is 15.5 Å². The maximum atomic E-state index is 4.17. The number of nitrogens with one attached hydrogen (secondary N) is 2. The molecule has 0 spiro atoms. The van der Waals surface area contributed by atoms with Gasteiger partial charge >= 0.3 is 0 Å². The molecule has 2 heterocycles. The first-order valence-electron chi connectivity index (χ1n) is 6.68. The van der Waals surface area contributed by atoms with Crippen LogP contribution in [-0.2, 0) is 6.54 Å². The van der Waals surface area contributed by atoms with Crippen LogP contribution in [0.1, 0.15) is 31.7 Å². The van der Waals surface area contributed by atoms with Crippen molar-refractivity contribution in [3.05, 3.63) is 29.3 Å². The van der Waals surface area contributed by atoms with E-state index < -0.39 is 0 Å². The van der Waals surface area contributed by atoms with Crippen LogP contribution in [0.3, 0.4) is 0 Å². The molecule has 2 unspecified atom stereocenters. The lowest BCUT2D eigenvalue weighted by Gasteiger charge is -2.04. The van der Waals surface area contributed by atoms with Crippen LogP contribution in [-0.4, -0.2) is 16.2 Å². The Morgan fingerprint density at radius 1 is 1.56 bits per heavy atom. The molecule has 2 aromatic heterocycles. The first kappa shape index (κ1) is 11.9. The summed E-state index contributed by atoms with van der Waals surface area (Å²) < 4.78 is 0. The summed E-state index contributed by atoms with van der Waals surface area (Å²) in [6, 6.07) is 4.95. The minimum absolute atomic E-state index is 0.732. The minimum atomic E-state index is 0.732. The number of thiophene rings is 1. The molecule has 0 aliphatic heterocycles. The van der Waals surface area contributed by atoms with Crippen LogP contribution in [0.5, 0.6) is 0 Å². The molecule has 0 radical (unpaired) electrons. The minimum Gasteiger partial charge on any atom is -0.309 e. The quantitative estimate of drug-likeness (QED) is 0.836. The summed E-state index contributed by atoms with van der Waals surface area (Å²) in [6.07, 6.45) is 5.95. The highest BCUT2D eigenvalue weighted by molar-refractivity contribution is 7.13. The number of hydrogen-bond acceptors (Lipinski definition) is 3. The number of nitrogens with zero attached hydrogens (tertiary/aromatic N) is 1. The lowest BCUT2D eigenvalue weighted by atomic mass is 10.2. The molecular formula is C14H19N3S. The van der Waals surface area contributed by atoms with Gasteiger partial charge in [0.1, 0.15) is 0 Å². The molecule has 0 saturated heterocycles. The summed E-state index contributed by atoms with van der Waals surface area (Å²) in [5.74, 6) is 0.909. The average molecular weight is 261 g/mol. The van der Waals surface area contributed by atoms with Gasteiger partial charge in [-0.2, -0.15) is 5.10 Å². The molecule has 4 heteroatoms. The standard InChI is InChI=1S/C14H19N3S/c1-2-4-10-7-12(10)15-8-11-9-16-17-14(11)13-5-3-6-18-13/h3,5-6,9-10,12,15H,2,4,7-8H2,1H3,(H,16,17). The second kappa shape index (κ2) is 5.24. The van der Waals surface area contributed by atoms with E-state index in [1.165, 1.54) is 35.4 Å². The summed E-state index contributed by atoms with van der Waals surface area (Å²) >= 11 is 1.75. The van der Waals surface area contributed by atoms with E-state index in [0.29, 0.717) is 0 Å². The van der Waals surface area contributed by atoms with Gasteiger partial charge in [0.2, 0.25) is 0 Å². The van der Waals surface area contributed by atoms with Gasteiger partial charge in [0.25, 0.3) is 0 Å². The monoisotopic (exact) mass is 261 g/mol. The molecule has 1 saturated carbocycles. The topological polar surface area (TPSA) is 40.7 Å². The fourth-order valence-corrected chi connectivity index (χ4v) is 3.26. The first-order valence-corrected chi connectivity index (χ1v) is 7.56. The predicted octanol–water partition coefficient (Wildman–Crippen LogP) is 3.42. The van der Waals surface area contributed by atoms with Crippen LogP contribution in [0, 0.1) is 5.92 Å². The zero-order valence-electron chi connectivity index (χ0n) is 10.6. The van der Waals surface area contributed by atoms with Gasteiger partial charge < -0.3 is 5.32 Å². The average Bonchev–Trinajstić information content (AvgIpc) is 2.85. The van der Waals surface area contributed by atoms with Gasteiger partial charge in [-0.05, 0) is 30.2 Å². The van der Waals surface area contributed by atoms with Gasteiger partial charge in [0, 0.05) is 18.2 Å². The van der Waals surface area contributed by atoms with E-state index in [0.717, 1.165) is 18.5 Å². The Bertz CT molecular complexity index is 489. The van der Waals surface area contributed by atoms with Crippen LogP contribution < -0.4 is 5.32 Å². The summed E-state index contributed by atoms with van der Waals surface area (Å²) in [5.41, 5.74) is 2.45. The molecule has 1 fully saturated rings. The molecule has 3 rings (SSSR count). The smallest absolute Gasteiger partial charge is 0.0794 e. The molecule has 1 aliphatic rings. The highest BCUT2D eigenvalue weighted by Crippen LogP contribution is 2.35. The van der Waals surface area contributed by atoms with Crippen molar-refractivity contribution in [3.8, 4) is 10.6 Å². The molecule has 0 bridgehead atoms. The van der Waals surface area contributed by atoms with Crippen LogP contribution >= 0.6 is 11.3 Å². The summed E-state index contributed by atoms with van der Waals surface area (Å²) in [5, 5.41) is 13.0. The Hall–Kier alpha value is -1.13. The molecular weight excluding hydrogens is 242 g/mol. The summed E-state index contributed by atoms with van der Waals surface area (Å²) in [7, 11) is 0. The molecule has 3 nitrogen and oxygen atoms in total. The number of aromatic amines is 1. The maximum absolute atomic E-state index is 4.17. The lowest BCUT2D eigenvalue weighted by molar-refractivity contribution is 0.600. The van der Waals surface area contributed by atoms with Crippen molar-refractivity contribution in [2.45, 2.75) is 38.8 Å². The third-order valence-electron chi connectivity index (χ3n) is 3.62. The van der Waals surface area contributed by atoms with E-state index in [2.05, 4.69) is 40.0 Å². The van der Waals surface area contributed by atoms with Gasteiger partial charge in [-0.1, -0.05) is 19.4 Å². The van der Waals surface area contributed by atoms with Crippen molar-refractivity contribution in [1.29, 1.82) is 0 Å². The van der Waals surface area contributed by atoms with Crippen LogP contribution in [0.25, 0.3) is 10.6 Å². The molecule has 2 N–H and O–H groups in total. The Morgan fingerprint density at radius 2 is 2.50 bits per heavy atom. The summed E-state index contributed by atoms with van der Waals surface area (Å²) in [4.78, 5) is 1.27. The van der Waals surface area contributed by atoms with Crippen LogP contribution in [0.2, 0.25) is 0 Å². The molecule has 1 aliphatic carbocycles. The van der Waals surface area contributed by atoms with Gasteiger partial charge in [0.05, 0.1) is 16.8 Å². The van der Waals surface area contributed by atoms with Crippen LogP contribution in [0.4, 0.5) is 0 Å². The van der Waals surface area contributed by atoms with E-state index in [9.17, 15) is 0 Å². The van der Waals surface area contributed by atoms with Gasteiger partial charge in [-0.15, -0.1) is 11.3 Å². The zero-order valence-corrected chi connectivity index (χ0v) is 11.5. The molecule has 0 amide bonds. The SMILES string of the molecule is CCCC1CC1NCc1cn[nH]c1-c1cccs1. The van der Waals surface area contributed by atoms with Gasteiger partial charge in [0.15, 0.2) is 0 Å². The van der Waals surface area contributed by atoms with E-state index in [1.54, 1.807) is 11.3 Å². The Balaban J connectivity index is 1.59. The Morgan fingerprint density at radius 3 is 3.28 bits per heavy atom. The molecule has 2 atom stereocenters. The van der Waals surface area contributed by atoms with Crippen molar-refractivity contribution >= 4 is 11.3 Å². The fourth-order valence-electron chi connectivity index (χ4n) is 2.51. The highest BCUT2D eigenvalue weighted by atomic mass is 32.1. The van der Waals surface area contributed by atoms with Gasteiger partial charge in [-0.3, -0.25) is 5.10 Å². The number of H-pyrrole nitrogens is 1. The molecule has 96 valence electrons. The molecule has 18 heavy (non-hydrogen) atoms. The Kier molecular flexibility index (Phi) is 3.48. The number of aromatic nitrogens is 2. The second-order valence-corrected chi connectivity index (χ2v) is 5.97. The largest absolute Gasteiger partial charge is 0.309 e. The molecule has 0 aromatic carbocycles. The van der Waals surface area contributed by atoms with E-state index in [-0.39, 0.29) is 0 Å². The van der Waals surface area contributed by atoms with E-state index in [1.807, 2.05) is 6.20 Å². The number of rotatable bonds is 6. The van der Waals surface area contributed by atoms with Gasteiger partial charge in [-0.25, -0.2) is 0 Å². The predicted molar refractivity (Wildman–Crippen MR) is 75.5 cm³/mol. The number of hydrogen-bond donors (Lipinski definition) is 2. The van der Waals surface area contributed by atoms with Crippen molar-refractivity contribution in [2.75, 3.05) is 0 Å². The zero-order chi connectivity index (χ0) is 12.4.